The van der Waals surface area contributed by atoms with Crippen LogP contribution in [0.25, 0.3) is 0 Å². The second kappa shape index (κ2) is 4.82. The number of hydrogen-bond donors (Lipinski definition) is 0. The van der Waals surface area contributed by atoms with Crippen LogP contribution in [0.2, 0.25) is 0 Å². The minimum Gasteiger partial charge on any atom is -0.0896 e. The Kier molecular flexibility index (Phi) is 5.61. The second-order valence-corrected chi connectivity index (χ2v) is 1.58. The molecule has 0 atom stereocenters. The lowest BCUT2D eigenvalue weighted by atomic mass is 10.8. The van der Waals surface area contributed by atoms with Gasteiger partial charge in [0, 0.05) is 5.75 Å². The van der Waals surface area contributed by atoms with Crippen molar-refractivity contribution in [3.63, 3.8) is 0 Å². The van der Waals surface area contributed by atoms with E-state index in [1.165, 1.54) is 0 Å². The standard InChI is InChI=1S/C3H4IS/c4-2-1-3-5/h1-2H,3H2/b2-1+. The molecule has 0 N–H and O–H groups in total. The summed E-state index contributed by atoms with van der Waals surface area (Å²) in [6.07, 6.45) is 1.93. The molecular weight excluding hydrogens is 195 g/mol. The monoisotopic (exact) mass is 199 g/mol. The Balaban J connectivity index is 2.62. The molecule has 2 heteroatoms. The summed E-state index contributed by atoms with van der Waals surface area (Å²) in [5.74, 6) is 0.739. The predicted molar refractivity (Wildman–Crippen MR) is 35.6 cm³/mol. The third-order valence-corrected chi connectivity index (χ3v) is 0.886. The fourth-order valence-electron chi connectivity index (χ4n) is 0.0364. The molecular formula is C3H4IS. The zero-order valence-electron chi connectivity index (χ0n) is 2.65. The molecule has 5 heavy (non-hydrogen) atoms. The van der Waals surface area contributed by atoms with Gasteiger partial charge in [0.25, 0.3) is 0 Å². The molecule has 0 spiro atoms. The third-order valence-electron chi connectivity index (χ3n) is 0.185. The van der Waals surface area contributed by atoms with Crippen LogP contribution in [-0.2, 0) is 0 Å². The van der Waals surface area contributed by atoms with Gasteiger partial charge < -0.3 is 0 Å². The number of hydrogen-bond acceptors (Lipinski definition) is 0. The summed E-state index contributed by atoms with van der Waals surface area (Å²) in [5.41, 5.74) is 0. The fraction of sp³-hybridized carbons (Fsp3) is 0.333. The molecule has 0 nitrogen and oxygen atoms in total. The average molecular weight is 199 g/mol. The van der Waals surface area contributed by atoms with Crippen molar-refractivity contribution in [1.29, 1.82) is 0 Å². The first-order chi connectivity index (χ1) is 2.41. The first-order valence-electron chi connectivity index (χ1n) is 1.25. The molecule has 0 aliphatic carbocycles. The van der Waals surface area contributed by atoms with Crippen molar-refractivity contribution in [1.82, 2.24) is 0 Å². The molecule has 0 amide bonds. The summed E-state index contributed by atoms with van der Waals surface area (Å²) < 4.78 is 1.92. The zero-order chi connectivity index (χ0) is 4.12. The summed E-state index contributed by atoms with van der Waals surface area (Å²) in [7, 11) is 0. The van der Waals surface area contributed by atoms with Crippen molar-refractivity contribution in [2.24, 2.45) is 0 Å². The van der Waals surface area contributed by atoms with Gasteiger partial charge in [0.1, 0.15) is 0 Å². The van der Waals surface area contributed by atoms with E-state index in [1.807, 2.05) is 10.2 Å². The van der Waals surface area contributed by atoms with E-state index in [0.29, 0.717) is 0 Å². The van der Waals surface area contributed by atoms with E-state index in [2.05, 4.69) is 35.2 Å². The van der Waals surface area contributed by atoms with Gasteiger partial charge in [-0.3, -0.25) is 0 Å². The van der Waals surface area contributed by atoms with E-state index in [1.54, 1.807) is 0 Å². The Labute approximate surface area is 51.2 Å². The van der Waals surface area contributed by atoms with Crippen LogP contribution < -0.4 is 0 Å². The molecule has 0 bridgehead atoms. The summed E-state index contributed by atoms with van der Waals surface area (Å²) in [5, 5.41) is 0. The lowest BCUT2D eigenvalue weighted by Gasteiger charge is -1.61. The Morgan fingerprint density at radius 1 is 1.80 bits per heavy atom. The maximum absolute atomic E-state index is 4.56. The van der Waals surface area contributed by atoms with Crippen LogP contribution in [-0.4, -0.2) is 5.75 Å². The van der Waals surface area contributed by atoms with E-state index >= 15 is 0 Å². The average Bonchev–Trinajstić information content (AvgIpc) is 1.41. The third kappa shape index (κ3) is 4.82. The molecule has 0 heterocycles. The van der Waals surface area contributed by atoms with Crippen molar-refractivity contribution >= 4 is 35.2 Å². The fourth-order valence-corrected chi connectivity index (χ4v) is 0.732. The van der Waals surface area contributed by atoms with E-state index in [-0.39, 0.29) is 0 Å². The molecule has 29 valence electrons. The summed E-state index contributed by atoms with van der Waals surface area (Å²) in [4.78, 5) is 0. The molecule has 0 fully saturated rings. The van der Waals surface area contributed by atoms with Gasteiger partial charge in [-0.05, 0) is 4.08 Å². The smallest absolute Gasteiger partial charge is 0.0225 e. The summed E-state index contributed by atoms with van der Waals surface area (Å²) in [6.45, 7) is 0. The molecule has 0 aromatic rings. The van der Waals surface area contributed by atoms with Gasteiger partial charge in [-0.25, -0.2) is 0 Å². The maximum atomic E-state index is 4.56. The van der Waals surface area contributed by atoms with Crippen LogP contribution in [0.5, 0.6) is 0 Å². The highest BCUT2D eigenvalue weighted by atomic mass is 127. The molecule has 0 aliphatic rings. The molecule has 0 saturated heterocycles. The Morgan fingerprint density at radius 2 is 2.40 bits per heavy atom. The minimum atomic E-state index is 0.739. The van der Waals surface area contributed by atoms with Crippen LogP contribution in [0.4, 0.5) is 0 Å². The highest BCUT2D eigenvalue weighted by molar-refractivity contribution is 14.1. The van der Waals surface area contributed by atoms with Crippen molar-refractivity contribution in [3.05, 3.63) is 10.2 Å². The van der Waals surface area contributed by atoms with E-state index < -0.39 is 0 Å². The topological polar surface area (TPSA) is 0 Å². The largest absolute Gasteiger partial charge is 0.0896 e. The van der Waals surface area contributed by atoms with Crippen LogP contribution in [0.3, 0.4) is 0 Å². The van der Waals surface area contributed by atoms with Gasteiger partial charge in [0.2, 0.25) is 0 Å². The molecule has 0 aromatic carbocycles. The predicted octanol–water partition coefficient (Wildman–Crippen LogP) is 2.13. The second-order valence-electron chi connectivity index (χ2n) is 0.528. The van der Waals surface area contributed by atoms with Gasteiger partial charge in [-0.15, -0.1) is 0 Å². The SMILES string of the molecule is [S]C/C=C/I. The van der Waals surface area contributed by atoms with Gasteiger partial charge in [0.05, 0.1) is 0 Å². The van der Waals surface area contributed by atoms with Gasteiger partial charge in [-0.2, -0.15) is 0 Å². The van der Waals surface area contributed by atoms with Crippen molar-refractivity contribution in [2.45, 2.75) is 0 Å². The summed E-state index contributed by atoms with van der Waals surface area (Å²) >= 11 is 6.70. The van der Waals surface area contributed by atoms with E-state index in [4.69, 9.17) is 0 Å². The molecule has 0 aliphatic heterocycles. The first-order valence-corrected chi connectivity index (χ1v) is 3.07. The van der Waals surface area contributed by atoms with Crippen LogP contribution >= 0.6 is 35.2 Å². The van der Waals surface area contributed by atoms with Gasteiger partial charge >= 0.3 is 0 Å². The lowest BCUT2D eigenvalue weighted by Crippen LogP contribution is -1.48. The Bertz CT molecular complexity index is 33.9. The minimum absolute atomic E-state index is 0.739. The highest BCUT2D eigenvalue weighted by Gasteiger charge is 1.55. The van der Waals surface area contributed by atoms with Crippen molar-refractivity contribution in [3.8, 4) is 0 Å². The summed E-state index contributed by atoms with van der Waals surface area (Å²) in [6, 6.07) is 0. The van der Waals surface area contributed by atoms with Crippen molar-refractivity contribution in [2.75, 3.05) is 5.75 Å². The number of halogens is 1. The van der Waals surface area contributed by atoms with Crippen LogP contribution in [0, 0.1) is 0 Å². The zero-order valence-corrected chi connectivity index (χ0v) is 5.62. The molecule has 0 saturated carbocycles. The highest BCUT2D eigenvalue weighted by Crippen LogP contribution is 1.83. The van der Waals surface area contributed by atoms with Gasteiger partial charge in [0.15, 0.2) is 0 Å². The molecule has 0 rings (SSSR count). The Morgan fingerprint density at radius 3 is 2.40 bits per heavy atom. The van der Waals surface area contributed by atoms with Crippen molar-refractivity contribution < 1.29 is 0 Å². The maximum Gasteiger partial charge on any atom is 0.0225 e. The van der Waals surface area contributed by atoms with E-state index in [0.717, 1.165) is 5.75 Å². The van der Waals surface area contributed by atoms with Crippen LogP contribution in [0.15, 0.2) is 10.2 Å². The quantitative estimate of drug-likeness (QED) is 0.567. The molecule has 0 aromatic heterocycles. The van der Waals surface area contributed by atoms with Crippen LogP contribution in [0.1, 0.15) is 0 Å². The molecule has 0 unspecified atom stereocenters. The van der Waals surface area contributed by atoms with Gasteiger partial charge in [-0.1, -0.05) is 41.3 Å². The normalized spacial score (nSPS) is 10.0. The van der Waals surface area contributed by atoms with E-state index in [9.17, 15) is 0 Å². The Hall–Kier alpha value is 0.820. The molecule has 1 radical (unpaired) electrons. The number of rotatable bonds is 1. The lowest BCUT2D eigenvalue weighted by molar-refractivity contribution is 1.84. The first kappa shape index (κ1) is 5.82.